The van der Waals surface area contributed by atoms with Crippen LogP contribution in [0.3, 0.4) is 0 Å². The molecule has 0 fully saturated rings. The van der Waals surface area contributed by atoms with Gasteiger partial charge in [-0.2, -0.15) is 0 Å². The van der Waals surface area contributed by atoms with Crippen LogP contribution in [0.5, 0.6) is 5.75 Å². The van der Waals surface area contributed by atoms with Crippen molar-refractivity contribution in [2.75, 3.05) is 11.9 Å². The van der Waals surface area contributed by atoms with E-state index in [2.05, 4.69) is 46.4 Å². The fourth-order valence-corrected chi connectivity index (χ4v) is 3.07. The number of nitrogens with zero attached hydrogens (tertiary/aromatic N) is 2. The fraction of sp³-hybridized carbons (Fsp3) is 0.217. The molecule has 28 heavy (non-hydrogen) atoms. The number of aryl methyl sites for hydroxylation is 1. The summed E-state index contributed by atoms with van der Waals surface area (Å²) in [5.74, 6) is 0.854. The first kappa shape index (κ1) is 19.8. The van der Waals surface area contributed by atoms with Gasteiger partial charge >= 0.3 is 0 Å². The second kappa shape index (κ2) is 9.85. The van der Waals surface area contributed by atoms with Crippen LogP contribution in [-0.2, 0) is 13.1 Å². The van der Waals surface area contributed by atoms with Crippen molar-refractivity contribution < 1.29 is 4.74 Å². The number of anilines is 1. The third-order valence-corrected chi connectivity index (χ3v) is 4.68. The lowest BCUT2D eigenvalue weighted by atomic mass is 10.1. The fourth-order valence-electron chi connectivity index (χ4n) is 2.83. The van der Waals surface area contributed by atoms with Crippen LogP contribution in [0.4, 0.5) is 5.69 Å². The van der Waals surface area contributed by atoms with Gasteiger partial charge < -0.3 is 15.0 Å². The van der Waals surface area contributed by atoms with E-state index in [1.54, 1.807) is 0 Å². The molecule has 1 aromatic heterocycles. The van der Waals surface area contributed by atoms with E-state index in [1.165, 1.54) is 11.1 Å². The van der Waals surface area contributed by atoms with Crippen LogP contribution in [0.15, 0.2) is 73.1 Å². The quantitative estimate of drug-likeness (QED) is 0.561. The number of aromatic nitrogens is 1. The number of hydrogen-bond donors (Lipinski definition) is 1. The zero-order valence-electron chi connectivity index (χ0n) is 16.3. The number of rotatable bonds is 7. The number of benzene rings is 2. The SMILES string of the molecule is CCOc1ccc(NC(=S)N(Cc2ccncc2)Cc2ccc(C)cc2)cc1. The van der Waals surface area contributed by atoms with Gasteiger partial charge in [0.05, 0.1) is 6.61 Å². The minimum atomic E-state index is 0.654. The Balaban J connectivity index is 1.74. The molecule has 0 bridgehead atoms. The summed E-state index contributed by atoms with van der Waals surface area (Å²) in [5, 5.41) is 4.03. The lowest BCUT2D eigenvalue weighted by Crippen LogP contribution is -2.33. The molecule has 3 aromatic rings. The van der Waals surface area contributed by atoms with Crippen molar-refractivity contribution in [2.24, 2.45) is 0 Å². The molecule has 5 heteroatoms. The van der Waals surface area contributed by atoms with E-state index in [0.717, 1.165) is 23.5 Å². The van der Waals surface area contributed by atoms with E-state index in [0.29, 0.717) is 18.3 Å². The molecule has 0 aliphatic carbocycles. The van der Waals surface area contributed by atoms with Crippen LogP contribution in [0.1, 0.15) is 23.6 Å². The highest BCUT2D eigenvalue weighted by atomic mass is 32.1. The van der Waals surface area contributed by atoms with Gasteiger partial charge in [0, 0.05) is 31.2 Å². The third kappa shape index (κ3) is 5.79. The van der Waals surface area contributed by atoms with Crippen molar-refractivity contribution in [3.63, 3.8) is 0 Å². The lowest BCUT2D eigenvalue weighted by molar-refractivity contribution is 0.340. The Kier molecular flexibility index (Phi) is 6.98. The Labute approximate surface area is 172 Å². The average molecular weight is 392 g/mol. The number of nitrogens with one attached hydrogen (secondary N) is 1. The lowest BCUT2D eigenvalue weighted by Gasteiger charge is -2.26. The molecule has 144 valence electrons. The number of hydrogen-bond acceptors (Lipinski definition) is 3. The van der Waals surface area contributed by atoms with Gasteiger partial charge in [0.1, 0.15) is 5.75 Å². The van der Waals surface area contributed by atoms with Crippen molar-refractivity contribution >= 4 is 23.0 Å². The van der Waals surface area contributed by atoms with Crippen LogP contribution in [0, 0.1) is 6.92 Å². The maximum absolute atomic E-state index is 5.73. The predicted molar refractivity (Wildman–Crippen MR) is 118 cm³/mol. The summed E-state index contributed by atoms with van der Waals surface area (Å²) in [7, 11) is 0. The van der Waals surface area contributed by atoms with E-state index in [1.807, 2.05) is 55.7 Å². The van der Waals surface area contributed by atoms with Gasteiger partial charge in [-0.25, -0.2) is 0 Å². The smallest absolute Gasteiger partial charge is 0.174 e. The zero-order chi connectivity index (χ0) is 19.8. The average Bonchev–Trinajstić information content (AvgIpc) is 2.71. The largest absolute Gasteiger partial charge is 0.494 e. The van der Waals surface area contributed by atoms with Gasteiger partial charge in [-0.3, -0.25) is 4.98 Å². The molecule has 0 radical (unpaired) electrons. The number of pyridine rings is 1. The molecule has 3 rings (SSSR count). The summed E-state index contributed by atoms with van der Waals surface area (Å²) in [6, 6.07) is 20.4. The summed E-state index contributed by atoms with van der Waals surface area (Å²) in [4.78, 5) is 6.26. The summed E-state index contributed by atoms with van der Waals surface area (Å²) < 4.78 is 5.50. The van der Waals surface area contributed by atoms with Crippen LogP contribution in [0.25, 0.3) is 0 Å². The van der Waals surface area contributed by atoms with E-state index in [-0.39, 0.29) is 0 Å². The van der Waals surface area contributed by atoms with Gasteiger partial charge in [0.25, 0.3) is 0 Å². The van der Waals surface area contributed by atoms with Crippen LogP contribution in [-0.4, -0.2) is 21.6 Å². The molecule has 2 aromatic carbocycles. The normalized spacial score (nSPS) is 10.4. The molecule has 0 saturated carbocycles. The molecule has 0 saturated heterocycles. The first-order chi connectivity index (χ1) is 13.6. The van der Waals surface area contributed by atoms with E-state index >= 15 is 0 Å². The molecule has 4 nitrogen and oxygen atoms in total. The second-order valence-electron chi connectivity index (χ2n) is 6.58. The second-order valence-corrected chi connectivity index (χ2v) is 6.97. The predicted octanol–water partition coefficient (Wildman–Crippen LogP) is 5.19. The molecule has 0 atom stereocenters. The van der Waals surface area contributed by atoms with Crippen LogP contribution in [0.2, 0.25) is 0 Å². The Morgan fingerprint density at radius 1 is 0.929 bits per heavy atom. The summed E-state index contributed by atoms with van der Waals surface area (Å²) in [6.07, 6.45) is 3.62. The molecule has 0 aliphatic rings. The summed E-state index contributed by atoms with van der Waals surface area (Å²) in [5.41, 5.74) is 4.57. The van der Waals surface area contributed by atoms with E-state index in [4.69, 9.17) is 17.0 Å². The Morgan fingerprint density at radius 3 is 2.14 bits per heavy atom. The highest BCUT2D eigenvalue weighted by Crippen LogP contribution is 2.18. The Morgan fingerprint density at radius 2 is 1.54 bits per heavy atom. The first-order valence-electron chi connectivity index (χ1n) is 9.37. The van der Waals surface area contributed by atoms with Crippen molar-refractivity contribution in [1.29, 1.82) is 0 Å². The van der Waals surface area contributed by atoms with E-state index < -0.39 is 0 Å². The highest BCUT2D eigenvalue weighted by molar-refractivity contribution is 7.80. The van der Waals surface area contributed by atoms with E-state index in [9.17, 15) is 0 Å². The monoisotopic (exact) mass is 391 g/mol. The van der Waals surface area contributed by atoms with Gasteiger partial charge in [-0.1, -0.05) is 29.8 Å². The molecule has 1 heterocycles. The summed E-state index contributed by atoms with van der Waals surface area (Å²) in [6.45, 7) is 6.16. The number of ether oxygens (including phenoxy) is 1. The first-order valence-corrected chi connectivity index (χ1v) is 9.78. The molecule has 1 N–H and O–H groups in total. The summed E-state index contributed by atoms with van der Waals surface area (Å²) >= 11 is 5.73. The molecule has 0 unspecified atom stereocenters. The van der Waals surface area contributed by atoms with Crippen molar-refractivity contribution in [3.05, 3.63) is 89.7 Å². The van der Waals surface area contributed by atoms with Gasteiger partial charge in [0.2, 0.25) is 0 Å². The maximum atomic E-state index is 5.73. The van der Waals surface area contributed by atoms with Crippen molar-refractivity contribution in [1.82, 2.24) is 9.88 Å². The molecular weight excluding hydrogens is 366 g/mol. The molecule has 0 aliphatic heterocycles. The topological polar surface area (TPSA) is 37.4 Å². The van der Waals surface area contributed by atoms with Gasteiger partial charge in [0.15, 0.2) is 5.11 Å². The Hall–Kier alpha value is -2.92. The minimum absolute atomic E-state index is 0.654. The van der Waals surface area contributed by atoms with Crippen LogP contribution >= 0.6 is 12.2 Å². The maximum Gasteiger partial charge on any atom is 0.174 e. The van der Waals surface area contributed by atoms with Gasteiger partial charge in [-0.15, -0.1) is 0 Å². The Bertz CT molecular complexity index is 880. The van der Waals surface area contributed by atoms with Crippen molar-refractivity contribution in [2.45, 2.75) is 26.9 Å². The zero-order valence-corrected chi connectivity index (χ0v) is 17.1. The number of thiocarbonyl (C=S) groups is 1. The highest BCUT2D eigenvalue weighted by Gasteiger charge is 2.12. The van der Waals surface area contributed by atoms with Crippen molar-refractivity contribution in [3.8, 4) is 5.75 Å². The molecule has 0 amide bonds. The minimum Gasteiger partial charge on any atom is -0.494 e. The standard InChI is InChI=1S/C23H25N3OS/c1-3-27-22-10-8-21(9-11-22)25-23(28)26(17-20-12-14-24-15-13-20)16-19-6-4-18(2)5-7-19/h4-15H,3,16-17H2,1-2H3,(H,25,28). The van der Waals surface area contributed by atoms with Crippen LogP contribution < -0.4 is 10.1 Å². The molecular formula is C23H25N3OS. The van der Waals surface area contributed by atoms with Gasteiger partial charge in [-0.05, 0) is 73.6 Å². The molecule has 0 spiro atoms. The third-order valence-electron chi connectivity index (χ3n) is 4.32.